The van der Waals surface area contributed by atoms with E-state index in [1.54, 1.807) is 30.3 Å². The van der Waals surface area contributed by atoms with Crippen molar-refractivity contribution in [3.8, 4) is 0 Å². The number of aromatic nitrogens is 2. The maximum atomic E-state index is 12.4. The maximum absolute atomic E-state index is 12.4. The van der Waals surface area contributed by atoms with Crippen LogP contribution in [0.3, 0.4) is 0 Å². The van der Waals surface area contributed by atoms with Crippen molar-refractivity contribution in [1.29, 1.82) is 0 Å². The highest BCUT2D eigenvalue weighted by atomic mass is 16.2. The van der Waals surface area contributed by atoms with Gasteiger partial charge in [-0.3, -0.25) is 9.59 Å². The third-order valence-corrected chi connectivity index (χ3v) is 3.66. The second-order valence-electron chi connectivity index (χ2n) is 5.97. The van der Waals surface area contributed by atoms with Gasteiger partial charge in [0.15, 0.2) is 0 Å². The van der Waals surface area contributed by atoms with Gasteiger partial charge in [-0.15, -0.1) is 0 Å². The lowest BCUT2D eigenvalue weighted by molar-refractivity contribution is -0.114. The van der Waals surface area contributed by atoms with Gasteiger partial charge in [-0.05, 0) is 49.4 Å². The smallest absolute Gasteiger partial charge is 0.274 e. The summed E-state index contributed by atoms with van der Waals surface area (Å²) in [5.74, 6) is -0.143. The number of carbonyl (C=O) groups excluding carboxylic acids is 2. The molecule has 0 fully saturated rings. The van der Waals surface area contributed by atoms with Crippen molar-refractivity contribution in [2.24, 2.45) is 0 Å². The number of hydrogen-bond donors (Lipinski definition) is 3. The van der Waals surface area contributed by atoms with Crippen LogP contribution in [0.15, 0.2) is 60.8 Å². The monoisotopic (exact) mass is 361 g/mol. The number of nitrogens with zero attached hydrogens (tertiary/aromatic N) is 2. The topological polar surface area (TPSA) is 96.0 Å². The Balaban J connectivity index is 1.68. The lowest BCUT2D eigenvalue weighted by atomic mass is 10.2. The Bertz CT molecular complexity index is 953. The number of anilines is 4. The van der Waals surface area contributed by atoms with Crippen molar-refractivity contribution in [1.82, 2.24) is 9.97 Å². The summed E-state index contributed by atoms with van der Waals surface area (Å²) in [7, 11) is 0. The Morgan fingerprint density at radius 1 is 0.815 bits per heavy atom. The van der Waals surface area contributed by atoms with Gasteiger partial charge in [0.25, 0.3) is 5.91 Å². The van der Waals surface area contributed by atoms with Crippen LogP contribution in [0.25, 0.3) is 0 Å². The van der Waals surface area contributed by atoms with Gasteiger partial charge in [0, 0.05) is 30.2 Å². The summed E-state index contributed by atoms with van der Waals surface area (Å²) in [5, 5.41) is 8.54. The molecule has 3 rings (SSSR count). The predicted octanol–water partition coefficient (Wildman–Crippen LogP) is 3.74. The highest BCUT2D eigenvalue weighted by molar-refractivity contribution is 6.03. The zero-order valence-electron chi connectivity index (χ0n) is 15.0. The molecule has 0 spiro atoms. The number of benzene rings is 2. The number of nitrogens with one attached hydrogen (secondary N) is 3. The maximum Gasteiger partial charge on any atom is 0.274 e. The first kappa shape index (κ1) is 18.1. The van der Waals surface area contributed by atoms with Crippen molar-refractivity contribution >= 4 is 34.8 Å². The minimum Gasteiger partial charge on any atom is -0.326 e. The molecule has 7 heteroatoms. The first-order chi connectivity index (χ1) is 13.0. The van der Waals surface area contributed by atoms with Crippen LogP contribution in [-0.2, 0) is 4.79 Å². The van der Waals surface area contributed by atoms with E-state index in [1.807, 2.05) is 31.2 Å². The van der Waals surface area contributed by atoms with E-state index in [4.69, 9.17) is 0 Å². The minimum absolute atomic E-state index is 0.133. The van der Waals surface area contributed by atoms with Gasteiger partial charge in [0.2, 0.25) is 11.9 Å². The first-order valence-electron chi connectivity index (χ1n) is 8.35. The van der Waals surface area contributed by atoms with E-state index < -0.39 is 0 Å². The number of aryl methyl sites for hydroxylation is 1. The van der Waals surface area contributed by atoms with Gasteiger partial charge in [-0.25, -0.2) is 9.97 Å². The fraction of sp³-hybridized carbons (Fsp3) is 0.100. The molecule has 0 saturated heterocycles. The molecule has 1 heterocycles. The summed E-state index contributed by atoms with van der Waals surface area (Å²) >= 11 is 0. The van der Waals surface area contributed by atoms with Gasteiger partial charge in [-0.2, -0.15) is 0 Å². The zero-order valence-corrected chi connectivity index (χ0v) is 15.0. The molecule has 2 amide bonds. The largest absolute Gasteiger partial charge is 0.326 e. The summed E-state index contributed by atoms with van der Waals surface area (Å²) < 4.78 is 0. The fourth-order valence-corrected chi connectivity index (χ4v) is 2.35. The van der Waals surface area contributed by atoms with Crippen molar-refractivity contribution in [3.63, 3.8) is 0 Å². The van der Waals surface area contributed by atoms with Crippen LogP contribution in [0, 0.1) is 6.92 Å². The average Bonchev–Trinajstić information content (AvgIpc) is 2.65. The van der Waals surface area contributed by atoms with Crippen LogP contribution in [0.4, 0.5) is 23.0 Å². The third kappa shape index (κ3) is 5.12. The number of amides is 2. The van der Waals surface area contributed by atoms with E-state index in [2.05, 4.69) is 25.9 Å². The summed E-state index contributed by atoms with van der Waals surface area (Å²) in [6, 6.07) is 16.2. The van der Waals surface area contributed by atoms with E-state index >= 15 is 0 Å². The quantitative estimate of drug-likeness (QED) is 0.643. The fourth-order valence-electron chi connectivity index (χ4n) is 2.35. The summed E-state index contributed by atoms with van der Waals surface area (Å²) in [5.41, 5.74) is 3.50. The molecule has 0 bridgehead atoms. The lowest BCUT2D eigenvalue weighted by Gasteiger charge is -2.08. The van der Waals surface area contributed by atoms with Gasteiger partial charge >= 0.3 is 0 Å². The standard InChI is InChI=1S/C20H19N5O2/c1-13-3-5-16(6-4-13)23-19(27)18-11-12-21-20(25-18)24-17-9-7-15(8-10-17)22-14(2)26/h3-12H,1-2H3,(H,22,26)(H,23,27)(H,21,24,25). The van der Waals surface area contributed by atoms with Crippen LogP contribution >= 0.6 is 0 Å². The molecule has 3 aromatic rings. The molecule has 136 valence electrons. The molecular weight excluding hydrogens is 342 g/mol. The van der Waals surface area contributed by atoms with Crippen molar-refractivity contribution in [2.45, 2.75) is 13.8 Å². The van der Waals surface area contributed by atoms with Crippen LogP contribution < -0.4 is 16.0 Å². The molecular formula is C20H19N5O2. The molecule has 0 unspecified atom stereocenters. The Hall–Kier alpha value is -3.74. The van der Waals surface area contributed by atoms with Gasteiger partial charge in [0.1, 0.15) is 5.69 Å². The Morgan fingerprint density at radius 3 is 2.07 bits per heavy atom. The van der Waals surface area contributed by atoms with Crippen LogP contribution in [0.5, 0.6) is 0 Å². The van der Waals surface area contributed by atoms with Crippen LogP contribution in [0.2, 0.25) is 0 Å². The molecule has 0 aliphatic carbocycles. The molecule has 0 aliphatic rings. The number of hydrogen-bond acceptors (Lipinski definition) is 5. The average molecular weight is 361 g/mol. The third-order valence-electron chi connectivity index (χ3n) is 3.66. The SMILES string of the molecule is CC(=O)Nc1ccc(Nc2nccc(C(=O)Nc3ccc(C)cc3)n2)cc1. The molecule has 0 radical (unpaired) electrons. The van der Waals surface area contributed by atoms with E-state index in [0.29, 0.717) is 17.3 Å². The molecule has 27 heavy (non-hydrogen) atoms. The van der Waals surface area contributed by atoms with Crippen LogP contribution in [0.1, 0.15) is 23.0 Å². The summed E-state index contributed by atoms with van der Waals surface area (Å²) in [4.78, 5) is 31.8. The van der Waals surface area contributed by atoms with E-state index in [0.717, 1.165) is 11.3 Å². The molecule has 0 aliphatic heterocycles. The highest BCUT2D eigenvalue weighted by Gasteiger charge is 2.09. The second kappa shape index (κ2) is 8.09. The second-order valence-corrected chi connectivity index (χ2v) is 5.97. The first-order valence-corrected chi connectivity index (χ1v) is 8.35. The lowest BCUT2D eigenvalue weighted by Crippen LogP contribution is -2.14. The van der Waals surface area contributed by atoms with E-state index in [1.165, 1.54) is 13.1 Å². The highest BCUT2D eigenvalue weighted by Crippen LogP contribution is 2.17. The van der Waals surface area contributed by atoms with E-state index in [9.17, 15) is 9.59 Å². The zero-order chi connectivity index (χ0) is 19.2. The molecule has 0 saturated carbocycles. The van der Waals surface area contributed by atoms with Gasteiger partial charge in [-0.1, -0.05) is 17.7 Å². The number of rotatable bonds is 5. The molecule has 2 aromatic carbocycles. The molecule has 0 atom stereocenters. The van der Waals surface area contributed by atoms with Gasteiger partial charge in [0.05, 0.1) is 0 Å². The van der Waals surface area contributed by atoms with Crippen molar-refractivity contribution in [2.75, 3.05) is 16.0 Å². The van der Waals surface area contributed by atoms with Crippen molar-refractivity contribution < 1.29 is 9.59 Å². The summed E-state index contributed by atoms with van der Waals surface area (Å²) in [6.07, 6.45) is 1.52. The van der Waals surface area contributed by atoms with E-state index in [-0.39, 0.29) is 17.5 Å². The number of carbonyl (C=O) groups is 2. The molecule has 7 nitrogen and oxygen atoms in total. The Labute approximate surface area is 156 Å². The minimum atomic E-state index is -0.315. The predicted molar refractivity (Wildman–Crippen MR) is 105 cm³/mol. The van der Waals surface area contributed by atoms with Gasteiger partial charge < -0.3 is 16.0 Å². The molecule has 3 N–H and O–H groups in total. The van der Waals surface area contributed by atoms with Crippen LogP contribution in [-0.4, -0.2) is 21.8 Å². The normalized spacial score (nSPS) is 10.1. The Kier molecular flexibility index (Phi) is 5.41. The molecule has 1 aromatic heterocycles. The summed E-state index contributed by atoms with van der Waals surface area (Å²) in [6.45, 7) is 3.43. The van der Waals surface area contributed by atoms with Crippen molar-refractivity contribution in [3.05, 3.63) is 72.1 Å². The Morgan fingerprint density at radius 2 is 1.41 bits per heavy atom.